The number of amides is 1. The van der Waals surface area contributed by atoms with Gasteiger partial charge in [0, 0.05) is 18.7 Å². The van der Waals surface area contributed by atoms with Gasteiger partial charge in [-0.05, 0) is 36.6 Å². The number of rotatable bonds is 7. The molecule has 0 radical (unpaired) electrons. The molecule has 1 aromatic rings. The minimum Gasteiger partial charge on any atom is -0.379 e. The first-order valence-electron chi connectivity index (χ1n) is 7.11. The zero-order chi connectivity index (χ0) is 14.2. The van der Waals surface area contributed by atoms with Crippen LogP contribution >= 0.6 is 0 Å². The largest absolute Gasteiger partial charge is 0.379 e. The Morgan fingerprint density at radius 2 is 2.35 bits per heavy atom. The number of ether oxygens (including phenoxy) is 1. The Morgan fingerprint density at radius 1 is 1.45 bits per heavy atom. The van der Waals surface area contributed by atoms with Crippen LogP contribution in [0.1, 0.15) is 27.9 Å². The van der Waals surface area contributed by atoms with Gasteiger partial charge in [-0.25, -0.2) is 0 Å². The van der Waals surface area contributed by atoms with Crippen LogP contribution in [0.3, 0.4) is 0 Å². The van der Waals surface area contributed by atoms with E-state index in [-0.39, 0.29) is 5.91 Å². The highest BCUT2D eigenvalue weighted by atomic mass is 16.5. The summed E-state index contributed by atoms with van der Waals surface area (Å²) in [7, 11) is 0. The van der Waals surface area contributed by atoms with E-state index in [0.717, 1.165) is 31.5 Å². The molecule has 4 nitrogen and oxygen atoms in total. The molecule has 108 valence electrons. The molecule has 0 saturated carbocycles. The third kappa shape index (κ3) is 3.92. The Balaban J connectivity index is 1.85. The van der Waals surface area contributed by atoms with E-state index in [0.29, 0.717) is 19.8 Å². The summed E-state index contributed by atoms with van der Waals surface area (Å²) in [5.74, 6) is -0.00364. The van der Waals surface area contributed by atoms with Crippen LogP contribution in [-0.4, -0.2) is 32.2 Å². The second kappa shape index (κ2) is 7.82. The minimum atomic E-state index is -0.00364. The average Bonchev–Trinajstić information content (AvgIpc) is 2.50. The molecular formula is C16H22N2O2. The molecule has 1 aromatic carbocycles. The smallest absolute Gasteiger partial charge is 0.251 e. The summed E-state index contributed by atoms with van der Waals surface area (Å²) in [6.45, 7) is 7.15. The van der Waals surface area contributed by atoms with E-state index in [2.05, 4.69) is 23.3 Å². The third-order valence-electron chi connectivity index (χ3n) is 3.38. The van der Waals surface area contributed by atoms with Gasteiger partial charge >= 0.3 is 0 Å². The van der Waals surface area contributed by atoms with E-state index in [4.69, 9.17) is 4.74 Å². The van der Waals surface area contributed by atoms with Gasteiger partial charge in [0.2, 0.25) is 0 Å². The lowest BCUT2D eigenvalue weighted by Gasteiger charge is -2.19. The van der Waals surface area contributed by atoms with Gasteiger partial charge in [0.15, 0.2) is 0 Å². The van der Waals surface area contributed by atoms with Crippen LogP contribution in [0.25, 0.3) is 0 Å². The number of hydrogen-bond acceptors (Lipinski definition) is 3. The molecule has 20 heavy (non-hydrogen) atoms. The Hall–Kier alpha value is -1.65. The number of hydrogen-bond donors (Lipinski definition) is 2. The van der Waals surface area contributed by atoms with Crippen molar-refractivity contribution in [2.75, 3.05) is 26.3 Å². The van der Waals surface area contributed by atoms with Gasteiger partial charge < -0.3 is 15.4 Å². The van der Waals surface area contributed by atoms with Crippen LogP contribution in [0.5, 0.6) is 0 Å². The molecule has 1 aliphatic heterocycles. The summed E-state index contributed by atoms with van der Waals surface area (Å²) in [6, 6.07) is 5.93. The highest BCUT2D eigenvalue weighted by molar-refractivity contribution is 5.96. The van der Waals surface area contributed by atoms with Crippen molar-refractivity contribution in [3.8, 4) is 0 Å². The first-order chi connectivity index (χ1) is 9.83. The first-order valence-corrected chi connectivity index (χ1v) is 7.11. The fourth-order valence-corrected chi connectivity index (χ4v) is 2.35. The van der Waals surface area contributed by atoms with Gasteiger partial charge in [-0.15, -0.1) is 6.58 Å². The van der Waals surface area contributed by atoms with E-state index < -0.39 is 0 Å². The van der Waals surface area contributed by atoms with E-state index in [1.54, 1.807) is 0 Å². The summed E-state index contributed by atoms with van der Waals surface area (Å²) >= 11 is 0. The number of carbonyl (C=O) groups excluding carboxylic acids is 1. The molecule has 0 bridgehead atoms. The van der Waals surface area contributed by atoms with Crippen molar-refractivity contribution in [2.45, 2.75) is 19.4 Å². The predicted octanol–water partition coefficient (Wildman–Crippen LogP) is 1.65. The van der Waals surface area contributed by atoms with Crippen LogP contribution in [0.2, 0.25) is 0 Å². The van der Waals surface area contributed by atoms with Crippen LogP contribution in [0, 0.1) is 0 Å². The monoisotopic (exact) mass is 274 g/mol. The van der Waals surface area contributed by atoms with Crippen molar-refractivity contribution < 1.29 is 9.53 Å². The average molecular weight is 274 g/mol. The van der Waals surface area contributed by atoms with E-state index in [1.165, 1.54) is 11.1 Å². The van der Waals surface area contributed by atoms with Crippen molar-refractivity contribution in [3.63, 3.8) is 0 Å². The zero-order valence-corrected chi connectivity index (χ0v) is 11.8. The zero-order valence-electron chi connectivity index (χ0n) is 11.8. The summed E-state index contributed by atoms with van der Waals surface area (Å²) < 4.78 is 5.38. The molecule has 0 saturated heterocycles. The van der Waals surface area contributed by atoms with Gasteiger partial charge in [0.05, 0.1) is 13.2 Å². The molecule has 1 amide bonds. The molecule has 4 heteroatoms. The maximum atomic E-state index is 12.2. The Bertz CT molecular complexity index is 472. The second-order valence-corrected chi connectivity index (χ2v) is 4.82. The molecule has 0 spiro atoms. The number of fused-ring (bicyclic) bond motifs is 1. The van der Waals surface area contributed by atoms with Crippen LogP contribution < -0.4 is 10.6 Å². The van der Waals surface area contributed by atoms with Crippen LogP contribution in [0.15, 0.2) is 30.9 Å². The lowest BCUT2D eigenvalue weighted by molar-refractivity contribution is 0.0916. The summed E-state index contributed by atoms with van der Waals surface area (Å²) in [4.78, 5) is 12.2. The normalized spacial score (nSPS) is 13.6. The van der Waals surface area contributed by atoms with Gasteiger partial charge in [-0.1, -0.05) is 18.2 Å². The molecule has 0 aliphatic carbocycles. The summed E-state index contributed by atoms with van der Waals surface area (Å²) in [6.07, 6.45) is 3.57. The Morgan fingerprint density at radius 3 is 3.20 bits per heavy atom. The highest BCUT2D eigenvalue weighted by Gasteiger charge is 2.16. The SMILES string of the molecule is C=CCCOCCNC(=O)c1cccc2c1CCNC2. The van der Waals surface area contributed by atoms with E-state index >= 15 is 0 Å². The Kier molecular flexibility index (Phi) is 5.77. The standard InChI is InChI=1S/C16H22N2O2/c1-2-3-10-20-11-9-18-16(19)15-6-4-5-13-12-17-8-7-14(13)15/h2,4-6,17H,1,3,7-12H2,(H,18,19). The van der Waals surface area contributed by atoms with Crippen molar-refractivity contribution >= 4 is 5.91 Å². The number of nitrogens with one attached hydrogen (secondary N) is 2. The molecule has 0 atom stereocenters. The molecule has 0 aromatic heterocycles. The third-order valence-corrected chi connectivity index (χ3v) is 3.38. The maximum absolute atomic E-state index is 12.2. The quantitative estimate of drug-likeness (QED) is 0.587. The highest BCUT2D eigenvalue weighted by Crippen LogP contribution is 2.18. The van der Waals surface area contributed by atoms with Crippen LogP contribution in [0.4, 0.5) is 0 Å². The Labute approximate surface area is 120 Å². The number of carbonyl (C=O) groups is 1. The molecule has 2 rings (SSSR count). The van der Waals surface area contributed by atoms with Gasteiger partial charge in [-0.3, -0.25) is 4.79 Å². The predicted molar refractivity (Wildman–Crippen MR) is 79.8 cm³/mol. The molecule has 2 N–H and O–H groups in total. The van der Waals surface area contributed by atoms with E-state index in [9.17, 15) is 4.79 Å². The molecule has 1 aliphatic rings. The topological polar surface area (TPSA) is 50.4 Å². The van der Waals surface area contributed by atoms with Crippen molar-refractivity contribution in [1.29, 1.82) is 0 Å². The van der Waals surface area contributed by atoms with Crippen molar-refractivity contribution in [3.05, 3.63) is 47.5 Å². The molecule has 0 unspecified atom stereocenters. The van der Waals surface area contributed by atoms with Crippen LogP contribution in [-0.2, 0) is 17.7 Å². The van der Waals surface area contributed by atoms with Gasteiger partial charge in [-0.2, -0.15) is 0 Å². The fraction of sp³-hybridized carbons (Fsp3) is 0.438. The first kappa shape index (κ1) is 14.8. The van der Waals surface area contributed by atoms with E-state index in [1.807, 2.05) is 18.2 Å². The maximum Gasteiger partial charge on any atom is 0.251 e. The fourth-order valence-electron chi connectivity index (χ4n) is 2.35. The summed E-state index contributed by atoms with van der Waals surface area (Å²) in [5, 5.41) is 6.23. The van der Waals surface area contributed by atoms with Gasteiger partial charge in [0.25, 0.3) is 5.91 Å². The molecule has 0 fully saturated rings. The van der Waals surface area contributed by atoms with Gasteiger partial charge in [0.1, 0.15) is 0 Å². The number of benzene rings is 1. The molecular weight excluding hydrogens is 252 g/mol. The van der Waals surface area contributed by atoms with Crippen molar-refractivity contribution in [2.24, 2.45) is 0 Å². The lowest BCUT2D eigenvalue weighted by atomic mass is 9.95. The second-order valence-electron chi connectivity index (χ2n) is 4.82. The minimum absolute atomic E-state index is 0.00364. The lowest BCUT2D eigenvalue weighted by Crippen LogP contribution is -2.31. The molecule has 1 heterocycles. The van der Waals surface area contributed by atoms with Crippen molar-refractivity contribution in [1.82, 2.24) is 10.6 Å². The summed E-state index contributed by atoms with van der Waals surface area (Å²) in [5.41, 5.74) is 3.21.